The summed E-state index contributed by atoms with van der Waals surface area (Å²) in [6.45, 7) is 5.74. The number of fused-ring (bicyclic) bond motifs is 1. The van der Waals surface area contributed by atoms with Crippen molar-refractivity contribution >= 4 is 29.7 Å². The van der Waals surface area contributed by atoms with Gasteiger partial charge in [0.15, 0.2) is 11.5 Å². The van der Waals surface area contributed by atoms with Crippen LogP contribution in [0.5, 0.6) is 11.5 Å². The lowest BCUT2D eigenvalue weighted by atomic mass is 9.92. The minimum Gasteiger partial charge on any atom is -0.490 e. The van der Waals surface area contributed by atoms with E-state index in [4.69, 9.17) is 9.47 Å². The van der Waals surface area contributed by atoms with E-state index in [0.717, 1.165) is 42.6 Å². The number of ether oxygens (including phenoxy) is 2. The van der Waals surface area contributed by atoms with Gasteiger partial charge in [-0.15, -0.1) is 11.8 Å². The molecule has 6 nitrogen and oxygen atoms in total. The van der Waals surface area contributed by atoms with Crippen LogP contribution in [-0.4, -0.2) is 47.8 Å². The van der Waals surface area contributed by atoms with Crippen molar-refractivity contribution in [3.05, 3.63) is 99.7 Å². The number of carbonyl (C=O) groups excluding carboxylic acids is 2. The van der Waals surface area contributed by atoms with E-state index in [1.54, 1.807) is 36.0 Å². The molecule has 1 saturated carbocycles. The number of hydrogen-bond donors (Lipinski definition) is 1. The maximum atomic E-state index is 14.5. The summed E-state index contributed by atoms with van der Waals surface area (Å²) in [5.74, 6) is 0.938. The van der Waals surface area contributed by atoms with Crippen molar-refractivity contribution < 1.29 is 23.5 Å². The summed E-state index contributed by atoms with van der Waals surface area (Å²) in [6, 6.07) is 19.9. The fourth-order valence-corrected chi connectivity index (χ4v) is 7.20. The van der Waals surface area contributed by atoms with Crippen molar-refractivity contribution in [1.29, 1.82) is 0 Å². The summed E-state index contributed by atoms with van der Waals surface area (Å²) < 4.78 is 25.8. The molecule has 2 unspecified atom stereocenters. The summed E-state index contributed by atoms with van der Waals surface area (Å²) in [7, 11) is 0. The van der Waals surface area contributed by atoms with Crippen molar-refractivity contribution in [1.82, 2.24) is 10.2 Å². The second kappa shape index (κ2) is 14.6. The molecule has 2 atom stereocenters. The monoisotopic (exact) mass is 602 g/mol. The van der Waals surface area contributed by atoms with E-state index in [1.165, 1.54) is 6.07 Å². The maximum Gasteiger partial charge on any atom is 0.260 e. The Morgan fingerprint density at radius 2 is 1.74 bits per heavy atom. The number of thioether (sulfide) groups is 1. The lowest BCUT2D eigenvalue weighted by molar-refractivity contribution is -0.130. The van der Waals surface area contributed by atoms with E-state index in [2.05, 4.69) is 5.32 Å². The molecule has 1 aliphatic heterocycles. The lowest BCUT2D eigenvalue weighted by Gasteiger charge is -2.44. The van der Waals surface area contributed by atoms with Crippen molar-refractivity contribution in [3.63, 3.8) is 0 Å². The highest BCUT2D eigenvalue weighted by Crippen LogP contribution is 2.43. The van der Waals surface area contributed by atoms with Crippen LogP contribution in [0.15, 0.2) is 71.6 Å². The standard InChI is InChI=1S/C35H39FN2O4S/c1-3-41-30-18-15-25(21-31(30)42-4-2)19-20-37-34(39)26-16-13-24(14-17-26)22-33-35(40)38(23-27-9-5-6-10-28(27)36)29-11-7-8-12-32(29)43-33/h5-6,9-10,13-18,21-22,29,32H,3-4,7-8,11-12,19-20,23H2,1-2H3,(H,37,39)/b33-22-. The van der Waals surface area contributed by atoms with Crippen LogP contribution in [-0.2, 0) is 17.8 Å². The third kappa shape index (κ3) is 7.60. The van der Waals surface area contributed by atoms with Crippen molar-refractivity contribution in [3.8, 4) is 11.5 Å². The Labute approximate surface area is 257 Å². The highest BCUT2D eigenvalue weighted by Gasteiger charge is 2.40. The molecule has 0 spiro atoms. The van der Waals surface area contributed by atoms with Gasteiger partial charge in [-0.1, -0.05) is 49.2 Å². The van der Waals surface area contributed by atoms with Gasteiger partial charge in [0.2, 0.25) is 0 Å². The van der Waals surface area contributed by atoms with E-state index in [9.17, 15) is 14.0 Å². The molecule has 43 heavy (non-hydrogen) atoms. The quantitative estimate of drug-likeness (QED) is 0.239. The normalized spacial score (nSPS) is 19.2. The Bertz CT molecular complexity index is 1460. The predicted molar refractivity (Wildman–Crippen MR) is 170 cm³/mol. The van der Waals surface area contributed by atoms with Gasteiger partial charge in [0.05, 0.1) is 18.1 Å². The average molecular weight is 603 g/mol. The van der Waals surface area contributed by atoms with Crippen molar-refractivity contribution in [2.75, 3.05) is 19.8 Å². The smallest absolute Gasteiger partial charge is 0.260 e. The van der Waals surface area contributed by atoms with Gasteiger partial charge in [0.25, 0.3) is 11.8 Å². The first-order valence-electron chi connectivity index (χ1n) is 15.2. The Morgan fingerprint density at radius 3 is 2.51 bits per heavy atom. The molecule has 8 heteroatoms. The average Bonchev–Trinajstić information content (AvgIpc) is 3.02. The Hall–Kier alpha value is -3.78. The fraction of sp³-hybridized carbons (Fsp3) is 0.371. The van der Waals surface area contributed by atoms with E-state index < -0.39 is 0 Å². The van der Waals surface area contributed by atoms with Gasteiger partial charge in [0, 0.05) is 35.5 Å². The SMILES string of the molecule is CCOc1ccc(CCNC(=O)c2ccc(/C=C3\SC4CCCCC4N(Cc4ccccc4F)C3=O)cc2)cc1OCC. The number of amides is 2. The molecule has 2 amide bonds. The molecule has 1 heterocycles. The molecule has 0 radical (unpaired) electrons. The van der Waals surface area contributed by atoms with Gasteiger partial charge in [-0.25, -0.2) is 4.39 Å². The Morgan fingerprint density at radius 1 is 1.00 bits per heavy atom. The van der Waals surface area contributed by atoms with Crippen LogP contribution in [0.25, 0.3) is 6.08 Å². The van der Waals surface area contributed by atoms with Crippen LogP contribution in [0.2, 0.25) is 0 Å². The Kier molecular flexibility index (Phi) is 10.4. The van der Waals surface area contributed by atoms with Crippen LogP contribution in [0.1, 0.15) is 66.6 Å². The molecule has 226 valence electrons. The number of nitrogens with zero attached hydrogens (tertiary/aromatic N) is 1. The zero-order valence-electron chi connectivity index (χ0n) is 24.8. The molecule has 1 saturated heterocycles. The molecule has 3 aromatic carbocycles. The third-order valence-electron chi connectivity index (χ3n) is 7.89. The highest BCUT2D eigenvalue weighted by atomic mass is 32.2. The molecule has 3 aromatic rings. The van der Waals surface area contributed by atoms with Gasteiger partial charge in [-0.05, 0) is 80.6 Å². The molecule has 1 N–H and O–H groups in total. The molecule has 1 aliphatic carbocycles. The van der Waals surface area contributed by atoms with Crippen LogP contribution < -0.4 is 14.8 Å². The van der Waals surface area contributed by atoms with Crippen LogP contribution in [0, 0.1) is 5.82 Å². The molecular formula is C35H39FN2O4S. The third-order valence-corrected chi connectivity index (χ3v) is 9.29. The largest absolute Gasteiger partial charge is 0.490 e. The van der Waals surface area contributed by atoms with Gasteiger partial charge in [-0.2, -0.15) is 0 Å². The van der Waals surface area contributed by atoms with Crippen LogP contribution in [0.4, 0.5) is 4.39 Å². The summed E-state index contributed by atoms with van der Waals surface area (Å²) >= 11 is 1.64. The minimum atomic E-state index is -0.282. The zero-order valence-corrected chi connectivity index (χ0v) is 25.6. The fourth-order valence-electron chi connectivity index (χ4n) is 5.73. The summed E-state index contributed by atoms with van der Waals surface area (Å²) in [5.41, 5.74) is 3.00. The molecule has 5 rings (SSSR count). The van der Waals surface area contributed by atoms with Crippen LogP contribution in [0.3, 0.4) is 0 Å². The molecule has 0 aromatic heterocycles. The summed E-state index contributed by atoms with van der Waals surface area (Å²) in [6.07, 6.45) is 6.76. The topological polar surface area (TPSA) is 67.9 Å². The highest BCUT2D eigenvalue weighted by molar-refractivity contribution is 8.04. The minimum absolute atomic E-state index is 0.0555. The van der Waals surface area contributed by atoms with E-state index in [0.29, 0.717) is 53.2 Å². The first kappa shape index (κ1) is 30.7. The first-order valence-corrected chi connectivity index (χ1v) is 16.0. The van der Waals surface area contributed by atoms with E-state index >= 15 is 0 Å². The summed E-state index contributed by atoms with van der Waals surface area (Å²) in [5, 5.41) is 3.29. The number of rotatable bonds is 11. The second-order valence-electron chi connectivity index (χ2n) is 10.8. The van der Waals surface area contributed by atoms with Gasteiger partial charge < -0.3 is 19.7 Å². The van der Waals surface area contributed by atoms with Crippen molar-refractivity contribution in [2.45, 2.75) is 63.8 Å². The van der Waals surface area contributed by atoms with E-state index in [-0.39, 0.29) is 30.2 Å². The molecule has 2 aliphatic rings. The molecule has 2 fully saturated rings. The Balaban J connectivity index is 1.22. The van der Waals surface area contributed by atoms with Gasteiger partial charge >= 0.3 is 0 Å². The lowest BCUT2D eigenvalue weighted by Crippen LogP contribution is -2.50. The molecule has 0 bridgehead atoms. The number of hydrogen-bond acceptors (Lipinski definition) is 5. The predicted octanol–water partition coefficient (Wildman–Crippen LogP) is 7.02. The van der Waals surface area contributed by atoms with Gasteiger partial charge in [-0.3, -0.25) is 9.59 Å². The maximum absolute atomic E-state index is 14.5. The van der Waals surface area contributed by atoms with E-state index in [1.807, 2.05) is 61.2 Å². The number of nitrogens with one attached hydrogen (secondary N) is 1. The van der Waals surface area contributed by atoms with Crippen molar-refractivity contribution in [2.24, 2.45) is 0 Å². The first-order chi connectivity index (χ1) is 21.0. The van der Waals surface area contributed by atoms with Gasteiger partial charge in [0.1, 0.15) is 5.82 Å². The van der Waals surface area contributed by atoms with Crippen LogP contribution >= 0.6 is 11.8 Å². The number of benzene rings is 3. The second-order valence-corrected chi connectivity index (χ2v) is 12.1. The summed E-state index contributed by atoms with van der Waals surface area (Å²) in [4.78, 5) is 29.0. The number of carbonyl (C=O) groups is 2. The zero-order chi connectivity index (χ0) is 30.2. The number of halogens is 1. The molecular weight excluding hydrogens is 563 g/mol.